The molecule has 1 aliphatic heterocycles. The molecule has 5 nitrogen and oxygen atoms in total. The van der Waals surface area contributed by atoms with Crippen molar-refractivity contribution in [2.24, 2.45) is 5.92 Å². The summed E-state index contributed by atoms with van der Waals surface area (Å²) in [5.41, 5.74) is 2.53. The summed E-state index contributed by atoms with van der Waals surface area (Å²) in [5, 5.41) is 19.7. The van der Waals surface area contributed by atoms with Gasteiger partial charge in [-0.2, -0.15) is 0 Å². The van der Waals surface area contributed by atoms with Gasteiger partial charge in [-0.1, -0.05) is 0 Å². The molecule has 0 amide bonds. The van der Waals surface area contributed by atoms with Crippen molar-refractivity contribution < 1.29 is 19.7 Å². The Morgan fingerprint density at radius 3 is 2.85 bits per heavy atom. The van der Waals surface area contributed by atoms with Gasteiger partial charge < -0.3 is 14.9 Å². The molecule has 2 heterocycles. The molecule has 1 fully saturated rings. The highest BCUT2D eigenvalue weighted by Crippen LogP contribution is 2.32. The van der Waals surface area contributed by atoms with Gasteiger partial charge in [0.1, 0.15) is 0 Å². The van der Waals surface area contributed by atoms with Crippen molar-refractivity contribution >= 4 is 12.0 Å². The number of aromatic nitrogens is 1. The van der Waals surface area contributed by atoms with Gasteiger partial charge in [0.15, 0.2) is 0 Å². The first-order chi connectivity index (χ1) is 9.66. The molecule has 0 saturated carbocycles. The zero-order valence-corrected chi connectivity index (χ0v) is 11.1. The Morgan fingerprint density at radius 2 is 2.15 bits per heavy atom. The first-order valence-electron chi connectivity index (χ1n) is 6.84. The number of aromatic carboxylic acids is 1. The van der Waals surface area contributed by atoms with E-state index >= 15 is 0 Å². The van der Waals surface area contributed by atoms with Gasteiger partial charge in [-0.15, -0.1) is 0 Å². The quantitative estimate of drug-likeness (QED) is 0.874. The predicted molar refractivity (Wildman–Crippen MR) is 72.4 cm³/mol. The number of carboxylic acid groups (broad SMARTS) is 1. The number of aliphatic hydroxyl groups excluding tert-OH is 1. The van der Waals surface area contributed by atoms with E-state index < -0.39 is 12.1 Å². The SMILES string of the molecule is O=C(O)c1ccnc2c1CC(C(O)C1CCOCC1)=C2. The van der Waals surface area contributed by atoms with Gasteiger partial charge in [0.2, 0.25) is 0 Å². The van der Waals surface area contributed by atoms with E-state index in [0.29, 0.717) is 30.9 Å². The lowest BCUT2D eigenvalue weighted by atomic mass is 9.88. The molecule has 1 unspecified atom stereocenters. The van der Waals surface area contributed by atoms with E-state index in [1.807, 2.05) is 6.08 Å². The molecule has 2 N–H and O–H groups in total. The Bertz CT molecular complexity index is 561. The summed E-state index contributed by atoms with van der Waals surface area (Å²) in [6.45, 7) is 1.36. The lowest BCUT2D eigenvalue weighted by Gasteiger charge is -2.27. The van der Waals surface area contributed by atoms with E-state index in [1.165, 1.54) is 12.3 Å². The van der Waals surface area contributed by atoms with E-state index in [9.17, 15) is 15.0 Å². The van der Waals surface area contributed by atoms with Crippen LogP contribution in [0.1, 0.15) is 34.5 Å². The number of aliphatic hydroxyl groups is 1. The van der Waals surface area contributed by atoms with Crippen LogP contribution in [0.25, 0.3) is 6.08 Å². The van der Waals surface area contributed by atoms with Crippen molar-refractivity contribution in [1.29, 1.82) is 0 Å². The van der Waals surface area contributed by atoms with E-state index in [0.717, 1.165) is 18.4 Å². The van der Waals surface area contributed by atoms with Crippen LogP contribution in [0, 0.1) is 5.92 Å². The van der Waals surface area contributed by atoms with Gasteiger partial charge >= 0.3 is 5.97 Å². The standard InChI is InChI=1S/C15H17NO4/c17-14(9-2-5-20-6-3-9)10-7-12-11(15(18)19)1-4-16-13(12)8-10/h1,4,8-9,14,17H,2-3,5-7H2,(H,18,19). The molecule has 20 heavy (non-hydrogen) atoms. The molecule has 0 bridgehead atoms. The third kappa shape index (κ3) is 2.34. The fourth-order valence-electron chi connectivity index (χ4n) is 2.97. The number of hydrogen-bond acceptors (Lipinski definition) is 4. The number of ether oxygens (including phenoxy) is 1. The Hall–Kier alpha value is -1.72. The minimum Gasteiger partial charge on any atom is -0.478 e. The van der Waals surface area contributed by atoms with E-state index in [4.69, 9.17) is 4.74 Å². The third-order valence-electron chi connectivity index (χ3n) is 4.11. The molecule has 1 aliphatic carbocycles. The Morgan fingerprint density at radius 1 is 1.40 bits per heavy atom. The van der Waals surface area contributed by atoms with Crippen molar-refractivity contribution in [1.82, 2.24) is 4.98 Å². The molecule has 1 saturated heterocycles. The first-order valence-corrected chi connectivity index (χ1v) is 6.84. The average molecular weight is 275 g/mol. The summed E-state index contributed by atoms with van der Waals surface area (Å²) in [6.07, 6.45) is 4.96. The summed E-state index contributed by atoms with van der Waals surface area (Å²) >= 11 is 0. The lowest BCUT2D eigenvalue weighted by Crippen LogP contribution is -2.28. The van der Waals surface area contributed by atoms with E-state index in [1.54, 1.807) is 0 Å². The van der Waals surface area contributed by atoms with Crippen molar-refractivity contribution in [2.45, 2.75) is 25.4 Å². The zero-order chi connectivity index (χ0) is 14.1. The van der Waals surface area contributed by atoms with Crippen molar-refractivity contribution in [3.05, 3.63) is 34.7 Å². The Balaban J connectivity index is 1.81. The average Bonchev–Trinajstić information content (AvgIpc) is 2.90. The minimum atomic E-state index is -0.946. The maximum absolute atomic E-state index is 11.2. The number of rotatable bonds is 3. The summed E-state index contributed by atoms with van der Waals surface area (Å²) in [5.74, 6) is -0.753. The zero-order valence-electron chi connectivity index (χ0n) is 11.1. The molecule has 3 rings (SSSR count). The second kappa shape index (κ2) is 5.34. The van der Waals surface area contributed by atoms with Crippen LogP contribution in [0.2, 0.25) is 0 Å². The Labute approximate surface area is 116 Å². The van der Waals surface area contributed by atoms with Gasteiger partial charge in [-0.05, 0) is 48.5 Å². The van der Waals surface area contributed by atoms with Crippen molar-refractivity contribution in [3.63, 3.8) is 0 Å². The highest BCUT2D eigenvalue weighted by atomic mass is 16.5. The molecule has 1 atom stereocenters. The number of carboxylic acids is 1. The fraction of sp³-hybridized carbons (Fsp3) is 0.467. The predicted octanol–water partition coefficient (Wildman–Crippen LogP) is 1.51. The maximum Gasteiger partial charge on any atom is 0.336 e. The fourth-order valence-corrected chi connectivity index (χ4v) is 2.97. The number of nitrogens with zero attached hydrogens (tertiary/aromatic N) is 1. The first kappa shape index (κ1) is 13.3. The summed E-state index contributed by atoms with van der Waals surface area (Å²) in [4.78, 5) is 15.4. The third-order valence-corrected chi connectivity index (χ3v) is 4.11. The number of pyridine rings is 1. The highest BCUT2D eigenvalue weighted by molar-refractivity contribution is 5.91. The summed E-state index contributed by atoms with van der Waals surface area (Å²) < 4.78 is 5.30. The Kier molecular flexibility index (Phi) is 3.54. The number of fused-ring (bicyclic) bond motifs is 1. The van der Waals surface area contributed by atoms with Crippen molar-refractivity contribution in [3.8, 4) is 0 Å². The molecule has 106 valence electrons. The van der Waals surface area contributed by atoms with Gasteiger partial charge in [0, 0.05) is 19.4 Å². The monoisotopic (exact) mass is 275 g/mol. The van der Waals surface area contributed by atoms with Gasteiger partial charge in [-0.3, -0.25) is 4.98 Å². The van der Waals surface area contributed by atoms with Gasteiger partial charge in [0.05, 0.1) is 17.4 Å². The minimum absolute atomic E-state index is 0.192. The number of carbonyl (C=O) groups is 1. The lowest BCUT2D eigenvalue weighted by molar-refractivity contribution is 0.0209. The molecule has 2 aliphatic rings. The second-order valence-corrected chi connectivity index (χ2v) is 5.32. The van der Waals surface area contributed by atoms with Crippen LogP contribution in [0.5, 0.6) is 0 Å². The van der Waals surface area contributed by atoms with Crippen molar-refractivity contribution in [2.75, 3.05) is 13.2 Å². The molecule has 0 radical (unpaired) electrons. The normalized spacial score (nSPS) is 20.4. The van der Waals surface area contributed by atoms with E-state index in [2.05, 4.69) is 4.98 Å². The molecule has 5 heteroatoms. The van der Waals surface area contributed by atoms with Crippen LogP contribution in [-0.2, 0) is 11.2 Å². The molecule has 1 aromatic heterocycles. The van der Waals surface area contributed by atoms with Gasteiger partial charge in [-0.25, -0.2) is 4.79 Å². The van der Waals surface area contributed by atoms with Crippen LogP contribution in [-0.4, -0.2) is 40.5 Å². The molecular weight excluding hydrogens is 258 g/mol. The van der Waals surface area contributed by atoms with Crippen LogP contribution in [0.15, 0.2) is 17.8 Å². The van der Waals surface area contributed by atoms with Crippen LogP contribution in [0.3, 0.4) is 0 Å². The topological polar surface area (TPSA) is 79.7 Å². The summed E-state index contributed by atoms with van der Waals surface area (Å²) in [7, 11) is 0. The maximum atomic E-state index is 11.2. The smallest absolute Gasteiger partial charge is 0.336 e. The van der Waals surface area contributed by atoms with Gasteiger partial charge in [0.25, 0.3) is 0 Å². The molecular formula is C15H17NO4. The molecule has 0 aromatic carbocycles. The molecule has 1 aromatic rings. The highest BCUT2D eigenvalue weighted by Gasteiger charge is 2.29. The van der Waals surface area contributed by atoms with Crippen LogP contribution >= 0.6 is 0 Å². The number of hydrogen-bond donors (Lipinski definition) is 2. The largest absolute Gasteiger partial charge is 0.478 e. The second-order valence-electron chi connectivity index (χ2n) is 5.32. The van der Waals surface area contributed by atoms with E-state index in [-0.39, 0.29) is 11.5 Å². The van der Waals surface area contributed by atoms with Crippen LogP contribution in [0.4, 0.5) is 0 Å². The summed E-state index contributed by atoms with van der Waals surface area (Å²) in [6, 6.07) is 1.51. The molecule has 0 spiro atoms. The van der Waals surface area contributed by atoms with Crippen LogP contribution < -0.4 is 0 Å².